The number of carboxylic acids is 1. The summed E-state index contributed by atoms with van der Waals surface area (Å²) < 4.78 is 2.30. The number of imidazole rings is 1. The number of hydrogen-bond donors (Lipinski definition) is 1. The van der Waals surface area contributed by atoms with Gasteiger partial charge in [0, 0.05) is 13.0 Å². The molecule has 2 heterocycles. The average molecular weight is 443 g/mol. The Morgan fingerprint density at radius 1 is 0.939 bits per heavy atom. The quantitative estimate of drug-likeness (QED) is 0.359. The molecule has 6 heteroatoms. The Labute approximate surface area is 194 Å². The van der Waals surface area contributed by atoms with Gasteiger partial charge in [0.25, 0.3) is 0 Å². The Balaban J connectivity index is 1.75. The molecule has 33 heavy (non-hydrogen) atoms. The van der Waals surface area contributed by atoms with Gasteiger partial charge in [0.2, 0.25) is 0 Å². The number of rotatable bonds is 9. The lowest BCUT2D eigenvalue weighted by Gasteiger charge is -2.12. The van der Waals surface area contributed by atoms with Gasteiger partial charge in [0.15, 0.2) is 0 Å². The highest BCUT2D eigenvalue weighted by molar-refractivity contribution is 5.96. The van der Waals surface area contributed by atoms with Crippen LogP contribution < -0.4 is 0 Å². The maximum atomic E-state index is 11.6. The van der Waals surface area contributed by atoms with Gasteiger partial charge < -0.3 is 9.67 Å². The molecule has 4 aromatic rings. The van der Waals surface area contributed by atoms with Crippen LogP contribution in [0.15, 0.2) is 48.5 Å². The molecule has 0 bridgehead atoms. The summed E-state index contributed by atoms with van der Waals surface area (Å²) in [5, 5.41) is 18.5. The summed E-state index contributed by atoms with van der Waals surface area (Å²) in [4.78, 5) is 16.6. The fraction of sp³-hybridized carbons (Fsp3) is 0.333. The molecule has 0 aliphatic heterocycles. The second-order valence-electron chi connectivity index (χ2n) is 8.26. The van der Waals surface area contributed by atoms with E-state index in [2.05, 4.69) is 47.7 Å². The van der Waals surface area contributed by atoms with E-state index in [0.29, 0.717) is 12.1 Å². The third kappa shape index (κ3) is 4.51. The summed E-state index contributed by atoms with van der Waals surface area (Å²) in [5.74, 6) is 0.159. The van der Waals surface area contributed by atoms with Gasteiger partial charge in [-0.2, -0.15) is 10.2 Å². The Hall–Kier alpha value is -3.54. The van der Waals surface area contributed by atoms with E-state index in [1.165, 1.54) is 0 Å². The largest absolute Gasteiger partial charge is 0.478 e. The van der Waals surface area contributed by atoms with Crippen LogP contribution in [0.5, 0.6) is 0 Å². The fourth-order valence-electron chi connectivity index (χ4n) is 4.27. The molecule has 2 aromatic heterocycles. The average Bonchev–Trinajstić information content (AvgIpc) is 3.20. The number of nitrogens with zero attached hydrogens (tertiary/aromatic N) is 4. The van der Waals surface area contributed by atoms with Gasteiger partial charge in [-0.15, -0.1) is 0 Å². The van der Waals surface area contributed by atoms with E-state index >= 15 is 0 Å². The highest BCUT2D eigenvalue weighted by Crippen LogP contribution is 2.27. The Bertz CT molecular complexity index is 1280. The maximum absolute atomic E-state index is 11.6. The monoisotopic (exact) mass is 442 g/mol. The van der Waals surface area contributed by atoms with E-state index in [0.717, 1.165) is 77.0 Å². The van der Waals surface area contributed by atoms with Crippen LogP contribution in [0.25, 0.3) is 22.2 Å². The summed E-state index contributed by atoms with van der Waals surface area (Å²) in [7, 11) is 0. The zero-order valence-electron chi connectivity index (χ0n) is 19.5. The minimum absolute atomic E-state index is 0.311. The molecule has 0 amide bonds. The molecule has 0 radical (unpaired) electrons. The number of carboxylic acid groups (broad SMARTS) is 1. The molecule has 170 valence electrons. The molecule has 0 spiro atoms. The molecule has 0 atom stereocenters. The van der Waals surface area contributed by atoms with Gasteiger partial charge in [0.05, 0.1) is 22.5 Å². The number of carbonyl (C=O) groups is 1. The van der Waals surface area contributed by atoms with E-state index in [1.807, 2.05) is 24.3 Å². The van der Waals surface area contributed by atoms with Crippen molar-refractivity contribution < 1.29 is 9.90 Å². The van der Waals surface area contributed by atoms with E-state index < -0.39 is 5.97 Å². The van der Waals surface area contributed by atoms with Crippen LogP contribution in [0.2, 0.25) is 0 Å². The van der Waals surface area contributed by atoms with Crippen LogP contribution in [0.3, 0.4) is 0 Å². The SMILES string of the molecule is CCCCc1nc2c(CC)nnc(CC)c2n1Cc1ccc(-c2ccccc2C(=O)O)cc1. The molecule has 0 saturated carbocycles. The molecule has 0 saturated heterocycles. The van der Waals surface area contributed by atoms with Crippen molar-refractivity contribution in [3.8, 4) is 11.1 Å². The summed E-state index contributed by atoms with van der Waals surface area (Å²) in [6.45, 7) is 7.08. The first-order valence-corrected chi connectivity index (χ1v) is 11.7. The fourth-order valence-corrected chi connectivity index (χ4v) is 4.27. The van der Waals surface area contributed by atoms with E-state index in [9.17, 15) is 9.90 Å². The summed E-state index contributed by atoms with van der Waals surface area (Å²) >= 11 is 0. The van der Waals surface area contributed by atoms with Crippen molar-refractivity contribution in [3.63, 3.8) is 0 Å². The van der Waals surface area contributed by atoms with Gasteiger partial charge in [0.1, 0.15) is 11.3 Å². The summed E-state index contributed by atoms with van der Waals surface area (Å²) in [6.07, 6.45) is 4.71. The highest BCUT2D eigenvalue weighted by atomic mass is 16.4. The van der Waals surface area contributed by atoms with Crippen LogP contribution in [0.1, 0.15) is 66.7 Å². The molecular weight excluding hydrogens is 412 g/mol. The van der Waals surface area contributed by atoms with E-state index in [4.69, 9.17) is 4.98 Å². The van der Waals surface area contributed by atoms with E-state index in [1.54, 1.807) is 12.1 Å². The van der Waals surface area contributed by atoms with Crippen LogP contribution in [-0.4, -0.2) is 30.8 Å². The lowest BCUT2D eigenvalue weighted by atomic mass is 9.98. The van der Waals surface area contributed by atoms with E-state index in [-0.39, 0.29) is 0 Å². The van der Waals surface area contributed by atoms with Crippen molar-refractivity contribution in [2.45, 2.75) is 59.4 Å². The lowest BCUT2D eigenvalue weighted by Crippen LogP contribution is -2.08. The van der Waals surface area contributed by atoms with Crippen LogP contribution in [-0.2, 0) is 25.8 Å². The van der Waals surface area contributed by atoms with Crippen molar-refractivity contribution in [3.05, 3.63) is 76.9 Å². The molecule has 0 fully saturated rings. The highest BCUT2D eigenvalue weighted by Gasteiger charge is 2.18. The molecule has 0 unspecified atom stereocenters. The lowest BCUT2D eigenvalue weighted by molar-refractivity contribution is 0.0697. The van der Waals surface area contributed by atoms with Gasteiger partial charge in [-0.25, -0.2) is 9.78 Å². The zero-order valence-corrected chi connectivity index (χ0v) is 19.5. The Morgan fingerprint density at radius 2 is 1.64 bits per heavy atom. The zero-order chi connectivity index (χ0) is 23.4. The van der Waals surface area contributed by atoms with Gasteiger partial charge in [-0.1, -0.05) is 69.7 Å². The second kappa shape index (κ2) is 9.94. The number of benzene rings is 2. The number of hydrogen-bond acceptors (Lipinski definition) is 4. The van der Waals surface area contributed by atoms with Crippen LogP contribution in [0, 0.1) is 0 Å². The smallest absolute Gasteiger partial charge is 0.336 e. The number of aromatic carboxylic acids is 1. The predicted molar refractivity (Wildman–Crippen MR) is 131 cm³/mol. The molecule has 6 nitrogen and oxygen atoms in total. The second-order valence-corrected chi connectivity index (χ2v) is 8.26. The number of aromatic nitrogens is 4. The van der Waals surface area contributed by atoms with Gasteiger partial charge in [-0.3, -0.25) is 0 Å². The van der Waals surface area contributed by atoms with Crippen molar-refractivity contribution in [2.75, 3.05) is 0 Å². The minimum Gasteiger partial charge on any atom is -0.478 e. The first-order chi connectivity index (χ1) is 16.1. The molecular formula is C27H30N4O2. The van der Waals surface area contributed by atoms with Crippen molar-refractivity contribution >= 4 is 17.0 Å². The third-order valence-corrected chi connectivity index (χ3v) is 6.07. The number of unbranched alkanes of at least 4 members (excludes halogenated alkanes) is 1. The van der Waals surface area contributed by atoms with Crippen LogP contribution in [0.4, 0.5) is 0 Å². The normalized spacial score (nSPS) is 11.2. The van der Waals surface area contributed by atoms with Gasteiger partial charge in [-0.05, 0) is 42.0 Å². The number of aryl methyl sites for hydroxylation is 3. The van der Waals surface area contributed by atoms with Crippen molar-refractivity contribution in [1.82, 2.24) is 19.7 Å². The van der Waals surface area contributed by atoms with Crippen LogP contribution >= 0.6 is 0 Å². The first kappa shape index (κ1) is 22.6. The predicted octanol–water partition coefficient (Wildman–Crippen LogP) is 5.71. The topological polar surface area (TPSA) is 80.9 Å². The van der Waals surface area contributed by atoms with Gasteiger partial charge >= 0.3 is 5.97 Å². The Morgan fingerprint density at radius 3 is 2.30 bits per heavy atom. The molecule has 1 N–H and O–H groups in total. The Kier molecular flexibility index (Phi) is 6.82. The number of fused-ring (bicyclic) bond motifs is 1. The molecule has 4 rings (SSSR count). The van der Waals surface area contributed by atoms with Crippen molar-refractivity contribution in [1.29, 1.82) is 0 Å². The molecule has 0 aliphatic carbocycles. The summed E-state index contributed by atoms with van der Waals surface area (Å²) in [5.41, 5.74) is 7.06. The van der Waals surface area contributed by atoms with Crippen molar-refractivity contribution in [2.24, 2.45) is 0 Å². The molecule has 2 aromatic carbocycles. The maximum Gasteiger partial charge on any atom is 0.336 e. The summed E-state index contributed by atoms with van der Waals surface area (Å²) in [6, 6.07) is 15.3. The first-order valence-electron chi connectivity index (χ1n) is 11.7. The standard InChI is InChI=1S/C27H30N4O2/c1-4-7-12-24-28-25-22(5-2)29-30-23(6-3)26(25)31(24)17-18-13-15-19(16-14-18)20-10-8-9-11-21(20)27(32)33/h8-11,13-16H,4-7,12,17H2,1-3H3,(H,32,33). The third-order valence-electron chi connectivity index (χ3n) is 6.07. The minimum atomic E-state index is -0.917. The molecule has 0 aliphatic rings.